The molecule has 1 aliphatic rings. The molecule has 0 bridgehead atoms. The van der Waals surface area contributed by atoms with Crippen LogP contribution in [0.15, 0.2) is 17.6 Å². The average Bonchev–Trinajstić information content (AvgIpc) is 3.07. The highest BCUT2D eigenvalue weighted by atomic mass is 15.2. The number of aromatic nitrogens is 3. The van der Waals surface area contributed by atoms with E-state index < -0.39 is 0 Å². The van der Waals surface area contributed by atoms with E-state index in [1.807, 2.05) is 11.6 Å². The van der Waals surface area contributed by atoms with Crippen molar-refractivity contribution in [2.24, 2.45) is 10.9 Å². The molecule has 0 aliphatic heterocycles. The van der Waals surface area contributed by atoms with E-state index >= 15 is 0 Å². The molecule has 1 fully saturated rings. The summed E-state index contributed by atoms with van der Waals surface area (Å²) < 4.78 is 2.01. The summed E-state index contributed by atoms with van der Waals surface area (Å²) in [7, 11) is 1.85. The Morgan fingerprint density at radius 2 is 1.91 bits per heavy atom. The van der Waals surface area contributed by atoms with Crippen molar-refractivity contribution in [3.05, 3.63) is 12.7 Å². The third-order valence-corrected chi connectivity index (χ3v) is 4.59. The molecule has 22 heavy (non-hydrogen) atoms. The van der Waals surface area contributed by atoms with Gasteiger partial charge in [0.2, 0.25) is 0 Å². The monoisotopic (exact) mass is 306 g/mol. The first-order valence-electron chi connectivity index (χ1n) is 8.61. The van der Waals surface area contributed by atoms with Crippen LogP contribution in [0, 0.1) is 5.92 Å². The molecule has 0 aromatic carbocycles. The highest BCUT2D eigenvalue weighted by Gasteiger charge is 2.20. The number of nitrogens with one attached hydrogen (secondary N) is 2. The predicted molar refractivity (Wildman–Crippen MR) is 89.8 cm³/mol. The number of hydrogen-bond donors (Lipinski definition) is 2. The molecule has 0 atom stereocenters. The SMILES string of the molecule is CCC1CCC(NC(=NC)NCCCCn2cnnc2)CC1. The van der Waals surface area contributed by atoms with Crippen LogP contribution in [0.4, 0.5) is 0 Å². The summed E-state index contributed by atoms with van der Waals surface area (Å²) in [4.78, 5) is 4.34. The van der Waals surface area contributed by atoms with Crippen LogP contribution < -0.4 is 10.6 Å². The lowest BCUT2D eigenvalue weighted by molar-refractivity contribution is 0.304. The minimum atomic E-state index is 0.589. The molecule has 0 radical (unpaired) electrons. The van der Waals surface area contributed by atoms with Crippen LogP contribution in [0.25, 0.3) is 0 Å². The van der Waals surface area contributed by atoms with Gasteiger partial charge in [0.15, 0.2) is 5.96 Å². The summed E-state index contributed by atoms with van der Waals surface area (Å²) >= 11 is 0. The van der Waals surface area contributed by atoms with Crippen molar-refractivity contribution in [1.82, 2.24) is 25.4 Å². The third-order valence-electron chi connectivity index (χ3n) is 4.59. The summed E-state index contributed by atoms with van der Waals surface area (Å²) in [6.07, 6.45) is 12.3. The molecule has 0 saturated heterocycles. The molecule has 0 amide bonds. The molecule has 0 spiro atoms. The number of rotatable bonds is 7. The predicted octanol–water partition coefficient (Wildman–Crippen LogP) is 2.19. The van der Waals surface area contributed by atoms with Crippen molar-refractivity contribution in [2.75, 3.05) is 13.6 Å². The van der Waals surface area contributed by atoms with E-state index in [9.17, 15) is 0 Å². The lowest BCUT2D eigenvalue weighted by Gasteiger charge is -2.29. The summed E-state index contributed by atoms with van der Waals surface area (Å²) in [5, 5.41) is 14.6. The fourth-order valence-corrected chi connectivity index (χ4v) is 3.07. The minimum Gasteiger partial charge on any atom is -0.356 e. The average molecular weight is 306 g/mol. The lowest BCUT2D eigenvalue weighted by atomic mass is 9.84. The van der Waals surface area contributed by atoms with E-state index in [1.54, 1.807) is 12.7 Å². The van der Waals surface area contributed by atoms with Crippen molar-refractivity contribution in [3.63, 3.8) is 0 Å². The Kier molecular flexibility index (Phi) is 7.19. The molecule has 1 aromatic rings. The molecule has 124 valence electrons. The van der Waals surface area contributed by atoms with Gasteiger partial charge in [-0.15, -0.1) is 10.2 Å². The molecule has 1 aromatic heterocycles. The van der Waals surface area contributed by atoms with Gasteiger partial charge in [0, 0.05) is 26.2 Å². The van der Waals surface area contributed by atoms with Crippen LogP contribution in [0.5, 0.6) is 0 Å². The molecule has 1 heterocycles. The molecule has 2 N–H and O–H groups in total. The Bertz CT molecular complexity index is 420. The highest BCUT2D eigenvalue weighted by molar-refractivity contribution is 5.79. The quantitative estimate of drug-likeness (QED) is 0.460. The smallest absolute Gasteiger partial charge is 0.191 e. The van der Waals surface area contributed by atoms with Crippen LogP contribution in [-0.2, 0) is 6.54 Å². The second-order valence-corrected chi connectivity index (χ2v) is 6.18. The second-order valence-electron chi connectivity index (χ2n) is 6.18. The van der Waals surface area contributed by atoms with E-state index in [0.29, 0.717) is 6.04 Å². The van der Waals surface area contributed by atoms with Gasteiger partial charge in [-0.05, 0) is 44.4 Å². The third kappa shape index (κ3) is 5.66. The van der Waals surface area contributed by atoms with Gasteiger partial charge in [-0.1, -0.05) is 13.3 Å². The molecular formula is C16H30N6. The molecule has 6 nitrogen and oxygen atoms in total. The molecule has 1 saturated carbocycles. The van der Waals surface area contributed by atoms with Crippen LogP contribution in [0.3, 0.4) is 0 Å². The van der Waals surface area contributed by atoms with E-state index in [0.717, 1.165) is 37.8 Å². The molecule has 6 heteroatoms. The van der Waals surface area contributed by atoms with E-state index in [1.165, 1.54) is 32.1 Å². The summed E-state index contributed by atoms with van der Waals surface area (Å²) in [5.74, 6) is 1.88. The van der Waals surface area contributed by atoms with Crippen molar-refractivity contribution in [2.45, 2.75) is 64.5 Å². The maximum atomic E-state index is 4.34. The zero-order valence-corrected chi connectivity index (χ0v) is 14.0. The van der Waals surface area contributed by atoms with Gasteiger partial charge in [0.05, 0.1) is 0 Å². The largest absolute Gasteiger partial charge is 0.356 e. The van der Waals surface area contributed by atoms with Crippen molar-refractivity contribution < 1.29 is 0 Å². The first kappa shape index (κ1) is 16.8. The Morgan fingerprint density at radius 1 is 1.18 bits per heavy atom. The molecule has 1 aliphatic carbocycles. The fourth-order valence-electron chi connectivity index (χ4n) is 3.07. The molecule has 0 unspecified atom stereocenters. The minimum absolute atomic E-state index is 0.589. The number of guanidine groups is 1. The van der Waals surface area contributed by atoms with Gasteiger partial charge < -0.3 is 15.2 Å². The maximum absolute atomic E-state index is 4.34. The summed E-state index contributed by atoms with van der Waals surface area (Å²) in [6.45, 7) is 4.23. The number of aliphatic imine (C=N–C) groups is 1. The lowest BCUT2D eigenvalue weighted by Crippen LogP contribution is -2.45. The zero-order chi connectivity index (χ0) is 15.6. The number of unbranched alkanes of at least 4 members (excludes halogenated alkanes) is 1. The van der Waals surface area contributed by atoms with Crippen molar-refractivity contribution >= 4 is 5.96 Å². The van der Waals surface area contributed by atoms with E-state index in [-0.39, 0.29) is 0 Å². The van der Waals surface area contributed by atoms with Crippen molar-refractivity contribution in [1.29, 1.82) is 0 Å². The number of aryl methyl sites for hydroxylation is 1. The normalized spacial score (nSPS) is 22.5. The van der Waals surface area contributed by atoms with Gasteiger partial charge >= 0.3 is 0 Å². The second kappa shape index (κ2) is 9.43. The van der Waals surface area contributed by atoms with Gasteiger partial charge in [-0.25, -0.2) is 0 Å². The standard InChI is InChI=1S/C16H30N6/c1-3-14-6-8-15(9-7-14)21-16(17-2)18-10-4-5-11-22-12-19-20-13-22/h12-15H,3-11H2,1-2H3,(H2,17,18,21). The number of hydrogen-bond acceptors (Lipinski definition) is 3. The topological polar surface area (TPSA) is 67.1 Å². The van der Waals surface area contributed by atoms with Crippen molar-refractivity contribution in [3.8, 4) is 0 Å². The van der Waals surface area contributed by atoms with Crippen LogP contribution in [0.1, 0.15) is 51.9 Å². The Hall–Kier alpha value is -1.59. The van der Waals surface area contributed by atoms with Gasteiger partial charge in [-0.3, -0.25) is 4.99 Å². The van der Waals surface area contributed by atoms with Gasteiger partial charge in [0.25, 0.3) is 0 Å². The van der Waals surface area contributed by atoms with E-state index in [4.69, 9.17) is 0 Å². The maximum Gasteiger partial charge on any atom is 0.191 e. The summed E-state index contributed by atoms with van der Waals surface area (Å²) in [6, 6.07) is 0.589. The van der Waals surface area contributed by atoms with Crippen LogP contribution in [0.2, 0.25) is 0 Å². The first-order chi connectivity index (χ1) is 10.8. The zero-order valence-electron chi connectivity index (χ0n) is 14.0. The van der Waals surface area contributed by atoms with Crippen LogP contribution in [-0.4, -0.2) is 40.4 Å². The molecule has 2 rings (SSSR count). The first-order valence-corrected chi connectivity index (χ1v) is 8.61. The Labute approximate surface area is 133 Å². The summed E-state index contributed by atoms with van der Waals surface area (Å²) in [5.41, 5.74) is 0. The fraction of sp³-hybridized carbons (Fsp3) is 0.812. The Morgan fingerprint density at radius 3 is 2.55 bits per heavy atom. The van der Waals surface area contributed by atoms with E-state index in [2.05, 4.69) is 32.7 Å². The number of nitrogens with zero attached hydrogens (tertiary/aromatic N) is 4. The van der Waals surface area contributed by atoms with Gasteiger partial charge in [0.1, 0.15) is 12.7 Å². The highest BCUT2D eigenvalue weighted by Crippen LogP contribution is 2.26. The molecular weight excluding hydrogens is 276 g/mol. The van der Waals surface area contributed by atoms with Gasteiger partial charge in [-0.2, -0.15) is 0 Å². The van der Waals surface area contributed by atoms with Crippen LogP contribution >= 0.6 is 0 Å². The Balaban J connectivity index is 1.57.